The molecule has 2 aromatic carbocycles. The molecule has 0 saturated heterocycles. The van der Waals surface area contributed by atoms with Crippen molar-refractivity contribution in [2.45, 2.75) is 47.2 Å². The molecule has 8 heteroatoms. The number of hydrogen-bond acceptors (Lipinski definition) is 4. The fourth-order valence-corrected chi connectivity index (χ4v) is 3.28. The van der Waals surface area contributed by atoms with Gasteiger partial charge in [-0.3, -0.25) is 19.6 Å². The van der Waals surface area contributed by atoms with Gasteiger partial charge in [-0.05, 0) is 62.2 Å². The summed E-state index contributed by atoms with van der Waals surface area (Å²) in [6.45, 7) is 8.74. The Labute approximate surface area is 194 Å². The van der Waals surface area contributed by atoms with E-state index < -0.39 is 0 Å². The highest BCUT2D eigenvalue weighted by atomic mass is 16.2. The van der Waals surface area contributed by atoms with Gasteiger partial charge < -0.3 is 10.6 Å². The highest BCUT2D eigenvalue weighted by Gasteiger charge is 2.11. The third-order valence-corrected chi connectivity index (χ3v) is 4.89. The molecule has 0 fully saturated rings. The molecule has 0 unspecified atom stereocenters. The first-order chi connectivity index (χ1) is 15.8. The Bertz CT molecular complexity index is 1150. The molecule has 0 atom stereocenters. The van der Waals surface area contributed by atoms with E-state index in [1.807, 2.05) is 49.0 Å². The lowest BCUT2D eigenvalue weighted by atomic mass is 10.2. The highest BCUT2D eigenvalue weighted by Crippen LogP contribution is 2.13. The second-order valence-corrected chi connectivity index (χ2v) is 7.87. The van der Waals surface area contributed by atoms with Gasteiger partial charge in [0, 0.05) is 42.2 Å². The van der Waals surface area contributed by atoms with Gasteiger partial charge in [-0.25, -0.2) is 4.99 Å². The SMILES string of the molecule is CCCn1cc(CN=C(NC(=O)c2ccc(NC(C)=O)cc2)Nc2cccc(C)c2)c(C)n1. The smallest absolute Gasteiger partial charge is 0.257 e. The van der Waals surface area contributed by atoms with Crippen molar-refractivity contribution in [3.05, 3.63) is 77.1 Å². The van der Waals surface area contributed by atoms with Crippen LogP contribution in [-0.2, 0) is 17.9 Å². The average molecular weight is 447 g/mol. The van der Waals surface area contributed by atoms with E-state index in [0.717, 1.165) is 35.5 Å². The Kier molecular flexibility index (Phi) is 7.96. The van der Waals surface area contributed by atoms with Gasteiger partial charge in [0.05, 0.1) is 12.2 Å². The van der Waals surface area contributed by atoms with Crippen molar-refractivity contribution in [2.75, 3.05) is 10.6 Å². The number of amides is 2. The van der Waals surface area contributed by atoms with Crippen molar-refractivity contribution in [3.63, 3.8) is 0 Å². The lowest BCUT2D eigenvalue weighted by molar-refractivity contribution is -0.114. The number of anilines is 2. The number of hydrogen-bond donors (Lipinski definition) is 3. The maximum atomic E-state index is 12.9. The molecule has 0 saturated carbocycles. The summed E-state index contributed by atoms with van der Waals surface area (Å²) >= 11 is 0. The minimum Gasteiger partial charge on any atom is -0.326 e. The normalized spacial score (nSPS) is 11.2. The van der Waals surface area contributed by atoms with Crippen LogP contribution in [0.25, 0.3) is 0 Å². The zero-order valence-corrected chi connectivity index (χ0v) is 19.5. The molecular formula is C25H30N6O2. The molecule has 3 N–H and O–H groups in total. The third-order valence-electron chi connectivity index (χ3n) is 4.89. The van der Waals surface area contributed by atoms with Gasteiger partial charge in [0.25, 0.3) is 5.91 Å². The van der Waals surface area contributed by atoms with Crippen molar-refractivity contribution in [1.82, 2.24) is 15.1 Å². The number of aromatic nitrogens is 2. The van der Waals surface area contributed by atoms with E-state index in [2.05, 4.69) is 33.0 Å². The van der Waals surface area contributed by atoms with Crippen LogP contribution >= 0.6 is 0 Å². The molecule has 33 heavy (non-hydrogen) atoms. The van der Waals surface area contributed by atoms with Crippen molar-refractivity contribution < 1.29 is 9.59 Å². The van der Waals surface area contributed by atoms with Crippen LogP contribution < -0.4 is 16.0 Å². The van der Waals surface area contributed by atoms with Crippen LogP contribution in [0.1, 0.15) is 47.4 Å². The van der Waals surface area contributed by atoms with Gasteiger partial charge in [0.1, 0.15) is 0 Å². The Morgan fingerprint density at radius 3 is 2.45 bits per heavy atom. The van der Waals surface area contributed by atoms with Gasteiger partial charge in [-0.2, -0.15) is 5.10 Å². The zero-order chi connectivity index (χ0) is 23.8. The summed E-state index contributed by atoms with van der Waals surface area (Å²) in [5.74, 6) is -0.123. The highest BCUT2D eigenvalue weighted by molar-refractivity contribution is 6.10. The van der Waals surface area contributed by atoms with Gasteiger partial charge in [0.15, 0.2) is 0 Å². The van der Waals surface area contributed by atoms with Crippen LogP contribution in [0.15, 0.2) is 59.7 Å². The van der Waals surface area contributed by atoms with Gasteiger partial charge in [-0.1, -0.05) is 19.1 Å². The second-order valence-electron chi connectivity index (χ2n) is 7.87. The second kappa shape index (κ2) is 11.1. The van der Waals surface area contributed by atoms with Crippen molar-refractivity contribution in [2.24, 2.45) is 4.99 Å². The van der Waals surface area contributed by atoms with Crippen molar-refractivity contribution in [1.29, 1.82) is 0 Å². The Morgan fingerprint density at radius 2 is 1.79 bits per heavy atom. The standard InChI is InChI=1S/C25H30N6O2/c1-5-13-31-16-21(18(3)30-31)15-26-25(28-23-8-6-7-17(2)14-23)29-24(33)20-9-11-22(12-10-20)27-19(4)32/h6-12,14,16H,5,13,15H2,1-4H3,(H,27,32)(H2,26,28,29,33). The monoisotopic (exact) mass is 446 g/mol. The predicted molar refractivity (Wildman–Crippen MR) is 131 cm³/mol. The summed E-state index contributed by atoms with van der Waals surface area (Å²) in [5, 5.41) is 13.3. The molecule has 0 bridgehead atoms. The molecule has 3 rings (SSSR count). The Morgan fingerprint density at radius 1 is 1.03 bits per heavy atom. The summed E-state index contributed by atoms with van der Waals surface area (Å²) in [4.78, 5) is 28.7. The van der Waals surface area contributed by atoms with Crippen LogP contribution in [0.3, 0.4) is 0 Å². The van der Waals surface area contributed by atoms with E-state index >= 15 is 0 Å². The largest absolute Gasteiger partial charge is 0.326 e. The lowest BCUT2D eigenvalue weighted by Gasteiger charge is -2.13. The van der Waals surface area contributed by atoms with E-state index in [1.165, 1.54) is 6.92 Å². The molecule has 8 nitrogen and oxygen atoms in total. The number of nitrogens with one attached hydrogen (secondary N) is 3. The van der Waals surface area contributed by atoms with Crippen LogP contribution in [0, 0.1) is 13.8 Å². The summed E-state index contributed by atoms with van der Waals surface area (Å²) in [6, 6.07) is 14.5. The first-order valence-corrected chi connectivity index (χ1v) is 10.9. The van der Waals surface area contributed by atoms with E-state index in [4.69, 9.17) is 0 Å². The van der Waals surface area contributed by atoms with E-state index in [-0.39, 0.29) is 11.8 Å². The number of benzene rings is 2. The first kappa shape index (κ1) is 23.7. The minimum absolute atomic E-state index is 0.165. The number of guanidine groups is 1. The number of aryl methyl sites for hydroxylation is 3. The lowest BCUT2D eigenvalue weighted by Crippen LogP contribution is -2.36. The molecule has 1 heterocycles. The molecule has 0 aliphatic heterocycles. The topological polar surface area (TPSA) is 100 Å². The van der Waals surface area contributed by atoms with Crippen LogP contribution in [0.4, 0.5) is 11.4 Å². The number of rotatable bonds is 7. The van der Waals surface area contributed by atoms with Crippen molar-refractivity contribution >= 4 is 29.1 Å². The fraction of sp³-hybridized carbons (Fsp3) is 0.280. The van der Waals surface area contributed by atoms with Crippen LogP contribution in [0.2, 0.25) is 0 Å². The van der Waals surface area contributed by atoms with Gasteiger partial charge >= 0.3 is 0 Å². The number of carbonyl (C=O) groups excluding carboxylic acids is 2. The predicted octanol–water partition coefficient (Wildman–Crippen LogP) is 4.27. The Hall–Kier alpha value is -3.94. The van der Waals surface area contributed by atoms with Gasteiger partial charge in [0.2, 0.25) is 11.9 Å². The quantitative estimate of drug-likeness (QED) is 0.373. The van der Waals surface area contributed by atoms with E-state index in [0.29, 0.717) is 23.8 Å². The zero-order valence-electron chi connectivity index (χ0n) is 19.5. The first-order valence-electron chi connectivity index (χ1n) is 10.9. The maximum Gasteiger partial charge on any atom is 0.257 e. The minimum atomic E-state index is -0.304. The number of aliphatic imine (C=N–C) groups is 1. The average Bonchev–Trinajstić information content (AvgIpc) is 3.11. The van der Waals surface area contributed by atoms with Crippen molar-refractivity contribution in [3.8, 4) is 0 Å². The third kappa shape index (κ3) is 7.03. The summed E-state index contributed by atoms with van der Waals surface area (Å²) in [5.41, 5.74) is 4.92. The molecular weight excluding hydrogens is 416 g/mol. The van der Waals surface area contributed by atoms with Crippen LogP contribution in [-0.4, -0.2) is 27.6 Å². The van der Waals surface area contributed by atoms with Gasteiger partial charge in [-0.15, -0.1) is 0 Å². The molecule has 0 aliphatic carbocycles. The van der Waals surface area contributed by atoms with Crippen LogP contribution in [0.5, 0.6) is 0 Å². The summed E-state index contributed by atoms with van der Waals surface area (Å²) < 4.78 is 1.92. The number of nitrogens with zero attached hydrogens (tertiary/aromatic N) is 3. The van der Waals surface area contributed by atoms with E-state index in [1.54, 1.807) is 24.3 Å². The molecule has 0 aliphatic rings. The Balaban J connectivity index is 1.79. The molecule has 0 spiro atoms. The molecule has 1 aromatic heterocycles. The fourth-order valence-electron chi connectivity index (χ4n) is 3.28. The summed E-state index contributed by atoms with van der Waals surface area (Å²) in [7, 11) is 0. The summed E-state index contributed by atoms with van der Waals surface area (Å²) in [6.07, 6.45) is 3.00. The molecule has 0 radical (unpaired) electrons. The molecule has 2 amide bonds. The molecule has 3 aromatic rings. The van der Waals surface area contributed by atoms with E-state index in [9.17, 15) is 9.59 Å². The maximum absolute atomic E-state index is 12.9. The number of carbonyl (C=O) groups is 2. The molecule has 172 valence electrons.